The Hall–Kier alpha value is -0.120. The number of rotatable bonds is 4. The lowest BCUT2D eigenvalue weighted by Gasteiger charge is -2.30. The Kier molecular flexibility index (Phi) is 2.86. The van der Waals surface area contributed by atoms with Crippen LogP contribution < -0.4 is 0 Å². The van der Waals surface area contributed by atoms with Gasteiger partial charge < -0.3 is 9.47 Å². The van der Waals surface area contributed by atoms with Gasteiger partial charge in [-0.2, -0.15) is 0 Å². The van der Waals surface area contributed by atoms with E-state index >= 15 is 0 Å². The number of piperidine rings is 1. The molecule has 2 heterocycles. The van der Waals surface area contributed by atoms with E-state index in [2.05, 4.69) is 11.8 Å². The molecular formula is C10H19NO2. The molecule has 0 amide bonds. The van der Waals surface area contributed by atoms with Crippen LogP contribution in [-0.4, -0.2) is 50.0 Å². The first-order valence-corrected chi connectivity index (χ1v) is 5.19. The van der Waals surface area contributed by atoms with Crippen LogP contribution >= 0.6 is 0 Å². The van der Waals surface area contributed by atoms with Gasteiger partial charge in [-0.15, -0.1) is 0 Å². The highest BCUT2D eigenvalue weighted by Crippen LogP contribution is 2.33. The molecule has 0 spiro atoms. The monoisotopic (exact) mass is 185 g/mol. The van der Waals surface area contributed by atoms with E-state index in [9.17, 15) is 0 Å². The molecule has 0 saturated carbocycles. The molecule has 2 aliphatic heterocycles. The number of fused-ring (bicyclic) bond motifs is 1. The number of nitrogens with zero attached hydrogens (tertiary/aromatic N) is 1. The summed E-state index contributed by atoms with van der Waals surface area (Å²) in [5.41, 5.74) is 0. The van der Waals surface area contributed by atoms with Crippen molar-refractivity contribution in [3.63, 3.8) is 0 Å². The molecule has 2 fully saturated rings. The molecule has 3 nitrogen and oxygen atoms in total. The normalized spacial score (nSPS) is 38.8. The zero-order chi connectivity index (χ0) is 9.26. The van der Waals surface area contributed by atoms with Gasteiger partial charge in [-0.25, -0.2) is 0 Å². The summed E-state index contributed by atoms with van der Waals surface area (Å²) in [6, 6.07) is 0.695. The molecule has 0 bridgehead atoms. The zero-order valence-electron chi connectivity index (χ0n) is 8.53. The maximum Gasteiger partial charge on any atom is 0.0969 e. The second kappa shape index (κ2) is 3.95. The van der Waals surface area contributed by atoms with Crippen LogP contribution in [0.4, 0.5) is 0 Å². The van der Waals surface area contributed by atoms with Crippen molar-refractivity contribution in [3.05, 3.63) is 0 Å². The second-order valence-electron chi connectivity index (χ2n) is 4.14. The molecule has 3 heteroatoms. The van der Waals surface area contributed by atoms with E-state index in [1.165, 1.54) is 6.42 Å². The predicted octanol–water partition coefficient (Wildman–Crippen LogP) is 0.884. The SMILES string of the molecule is COCCCN1C[C@@H]2O[C@H]2C[C@H]1C. The van der Waals surface area contributed by atoms with Gasteiger partial charge in [0.1, 0.15) is 0 Å². The number of epoxide rings is 1. The number of ether oxygens (including phenoxy) is 2. The number of hydrogen-bond donors (Lipinski definition) is 0. The number of methoxy groups -OCH3 is 1. The van der Waals surface area contributed by atoms with Crippen molar-refractivity contribution in [2.75, 3.05) is 26.8 Å². The maximum atomic E-state index is 5.51. The van der Waals surface area contributed by atoms with Crippen LogP contribution in [0.25, 0.3) is 0 Å². The highest BCUT2D eigenvalue weighted by Gasteiger charge is 2.45. The Morgan fingerprint density at radius 2 is 2.31 bits per heavy atom. The number of likely N-dealkylation sites (tertiary alicyclic amines) is 1. The average molecular weight is 185 g/mol. The molecule has 2 rings (SSSR count). The van der Waals surface area contributed by atoms with Crippen molar-refractivity contribution in [1.29, 1.82) is 0 Å². The van der Waals surface area contributed by atoms with Crippen LogP contribution in [0.2, 0.25) is 0 Å². The first-order chi connectivity index (χ1) is 6.31. The van der Waals surface area contributed by atoms with Crippen molar-refractivity contribution in [2.24, 2.45) is 0 Å². The lowest BCUT2D eigenvalue weighted by Crippen LogP contribution is -2.42. The van der Waals surface area contributed by atoms with Gasteiger partial charge in [-0.05, 0) is 19.8 Å². The van der Waals surface area contributed by atoms with E-state index < -0.39 is 0 Å². The minimum Gasteiger partial charge on any atom is -0.385 e. The predicted molar refractivity (Wildman–Crippen MR) is 50.8 cm³/mol. The van der Waals surface area contributed by atoms with Gasteiger partial charge in [-0.3, -0.25) is 4.90 Å². The highest BCUT2D eigenvalue weighted by molar-refractivity contribution is 4.95. The van der Waals surface area contributed by atoms with Crippen LogP contribution in [0.15, 0.2) is 0 Å². The average Bonchev–Trinajstić information content (AvgIpc) is 2.83. The van der Waals surface area contributed by atoms with Crippen LogP contribution in [-0.2, 0) is 9.47 Å². The molecule has 0 aromatic carbocycles. The number of hydrogen-bond acceptors (Lipinski definition) is 3. The van der Waals surface area contributed by atoms with Crippen LogP contribution in [0.1, 0.15) is 19.8 Å². The van der Waals surface area contributed by atoms with Gasteiger partial charge >= 0.3 is 0 Å². The molecule has 0 aliphatic carbocycles. The lowest BCUT2D eigenvalue weighted by atomic mass is 10.0. The molecular weight excluding hydrogens is 166 g/mol. The molecule has 2 saturated heterocycles. The van der Waals surface area contributed by atoms with E-state index in [1.54, 1.807) is 7.11 Å². The maximum absolute atomic E-state index is 5.51. The Morgan fingerprint density at radius 1 is 1.46 bits per heavy atom. The molecule has 3 atom stereocenters. The van der Waals surface area contributed by atoms with Gasteiger partial charge in [0.15, 0.2) is 0 Å². The smallest absolute Gasteiger partial charge is 0.0969 e. The Morgan fingerprint density at radius 3 is 3.08 bits per heavy atom. The van der Waals surface area contributed by atoms with E-state index in [0.717, 1.165) is 26.1 Å². The van der Waals surface area contributed by atoms with E-state index in [0.29, 0.717) is 18.2 Å². The molecule has 2 aliphatic rings. The second-order valence-corrected chi connectivity index (χ2v) is 4.14. The zero-order valence-corrected chi connectivity index (χ0v) is 8.53. The molecule has 0 radical (unpaired) electrons. The molecule has 0 aromatic heterocycles. The molecule has 76 valence electrons. The van der Waals surface area contributed by atoms with E-state index in [4.69, 9.17) is 9.47 Å². The minimum absolute atomic E-state index is 0.554. The van der Waals surface area contributed by atoms with E-state index in [-0.39, 0.29) is 0 Å². The summed E-state index contributed by atoms with van der Waals surface area (Å²) >= 11 is 0. The largest absolute Gasteiger partial charge is 0.385 e. The Labute approximate surface area is 80.0 Å². The summed E-state index contributed by atoms with van der Waals surface area (Å²) < 4.78 is 10.6. The van der Waals surface area contributed by atoms with Crippen LogP contribution in [0.5, 0.6) is 0 Å². The molecule has 0 aromatic rings. The van der Waals surface area contributed by atoms with Gasteiger partial charge in [0.25, 0.3) is 0 Å². The molecule has 0 N–H and O–H groups in total. The summed E-state index contributed by atoms with van der Waals surface area (Å²) in [4.78, 5) is 2.52. The van der Waals surface area contributed by atoms with Crippen molar-refractivity contribution in [1.82, 2.24) is 4.90 Å². The van der Waals surface area contributed by atoms with Crippen molar-refractivity contribution in [2.45, 2.75) is 38.0 Å². The third-order valence-corrected chi connectivity index (χ3v) is 3.09. The first-order valence-electron chi connectivity index (χ1n) is 5.19. The summed E-state index contributed by atoms with van der Waals surface area (Å²) in [5.74, 6) is 0. The fraction of sp³-hybridized carbons (Fsp3) is 1.00. The first kappa shape index (κ1) is 9.44. The van der Waals surface area contributed by atoms with Crippen molar-refractivity contribution < 1.29 is 9.47 Å². The molecule has 0 unspecified atom stereocenters. The summed E-state index contributed by atoms with van der Waals surface area (Å²) in [7, 11) is 1.76. The fourth-order valence-corrected chi connectivity index (χ4v) is 2.17. The minimum atomic E-state index is 0.554. The third kappa shape index (κ3) is 2.22. The quantitative estimate of drug-likeness (QED) is 0.480. The van der Waals surface area contributed by atoms with Gasteiger partial charge in [0, 0.05) is 32.8 Å². The van der Waals surface area contributed by atoms with Crippen LogP contribution in [0.3, 0.4) is 0 Å². The molecule has 13 heavy (non-hydrogen) atoms. The van der Waals surface area contributed by atoms with Crippen molar-refractivity contribution in [3.8, 4) is 0 Å². The fourth-order valence-electron chi connectivity index (χ4n) is 2.17. The summed E-state index contributed by atoms with van der Waals surface area (Å²) in [5, 5.41) is 0. The standard InChI is InChI=1S/C10H19NO2/c1-8-6-9-10(13-9)7-11(8)4-3-5-12-2/h8-10H,3-7H2,1-2H3/t8-,9+,10+/m1/s1. The Bertz CT molecular complexity index is 174. The summed E-state index contributed by atoms with van der Waals surface area (Å²) in [6.45, 7) is 5.46. The lowest BCUT2D eigenvalue weighted by molar-refractivity contribution is 0.140. The Balaban J connectivity index is 1.71. The van der Waals surface area contributed by atoms with Crippen LogP contribution in [0, 0.1) is 0 Å². The van der Waals surface area contributed by atoms with Crippen molar-refractivity contribution >= 4 is 0 Å². The van der Waals surface area contributed by atoms with E-state index in [1.807, 2.05) is 0 Å². The third-order valence-electron chi connectivity index (χ3n) is 3.09. The highest BCUT2D eigenvalue weighted by atomic mass is 16.6. The topological polar surface area (TPSA) is 25.0 Å². The summed E-state index contributed by atoms with van der Waals surface area (Å²) in [6.07, 6.45) is 3.50. The van der Waals surface area contributed by atoms with Gasteiger partial charge in [-0.1, -0.05) is 0 Å². The van der Waals surface area contributed by atoms with Gasteiger partial charge in [0.2, 0.25) is 0 Å². The van der Waals surface area contributed by atoms with Gasteiger partial charge in [0.05, 0.1) is 12.2 Å².